The van der Waals surface area contributed by atoms with Crippen molar-refractivity contribution < 1.29 is 14.6 Å². The molecule has 28 heavy (non-hydrogen) atoms. The van der Waals surface area contributed by atoms with Crippen LogP contribution in [0.4, 0.5) is 0 Å². The largest absolute Gasteiger partial charge is 0.512 e. The Hall–Kier alpha value is -1.35. The lowest BCUT2D eigenvalue weighted by atomic mass is 9.61. The predicted octanol–water partition coefficient (Wildman–Crippen LogP) is 6.31. The molecule has 4 atom stereocenters. The molecule has 3 nitrogen and oxygen atoms in total. The van der Waals surface area contributed by atoms with Crippen LogP contribution in [0.25, 0.3) is 0 Å². The molecule has 0 aromatic heterocycles. The molecule has 0 saturated carbocycles. The quantitative estimate of drug-likeness (QED) is 0.412. The first kappa shape index (κ1) is 21.4. The van der Waals surface area contributed by atoms with Crippen molar-refractivity contribution in [3.8, 4) is 0 Å². The monoisotopic (exact) mass is 386 g/mol. The number of aliphatic hydroxyl groups is 1. The van der Waals surface area contributed by atoms with Gasteiger partial charge in [0.05, 0.1) is 17.5 Å². The van der Waals surface area contributed by atoms with Gasteiger partial charge in [-0.2, -0.15) is 0 Å². The lowest BCUT2D eigenvalue weighted by Gasteiger charge is -2.53. The summed E-state index contributed by atoms with van der Waals surface area (Å²) in [6.07, 6.45) is 14.9. The molecule has 0 radical (unpaired) electrons. The Labute approximate surface area is 170 Å². The number of carbonyl (C=O) groups is 1. The van der Waals surface area contributed by atoms with Gasteiger partial charge in [-0.25, -0.2) is 0 Å². The SMILES string of the molecule is CCCCCCC(C)(C)C1=CC2OC(C)(C)[C@H]3CC=C(C=O)CC3[C@@H]2C(O)=C1. The maximum Gasteiger partial charge on any atom is 0.145 e. The van der Waals surface area contributed by atoms with E-state index in [2.05, 4.69) is 46.8 Å². The molecule has 1 saturated heterocycles. The first-order valence-corrected chi connectivity index (χ1v) is 11.1. The fraction of sp³-hybridized carbons (Fsp3) is 0.720. The smallest absolute Gasteiger partial charge is 0.145 e. The summed E-state index contributed by atoms with van der Waals surface area (Å²) in [6.45, 7) is 11.1. The molecule has 156 valence electrons. The van der Waals surface area contributed by atoms with E-state index in [1.54, 1.807) is 0 Å². The number of ether oxygens (including phenoxy) is 1. The Balaban J connectivity index is 1.83. The van der Waals surface area contributed by atoms with Gasteiger partial charge in [0, 0.05) is 5.92 Å². The third kappa shape index (κ3) is 4.15. The van der Waals surface area contributed by atoms with E-state index in [9.17, 15) is 9.90 Å². The molecule has 3 heteroatoms. The highest BCUT2D eigenvalue weighted by molar-refractivity contribution is 5.73. The summed E-state index contributed by atoms with van der Waals surface area (Å²) in [5.41, 5.74) is 1.83. The van der Waals surface area contributed by atoms with E-state index >= 15 is 0 Å². The van der Waals surface area contributed by atoms with Gasteiger partial charge in [0.25, 0.3) is 0 Å². The van der Waals surface area contributed by atoms with Crippen molar-refractivity contribution in [3.63, 3.8) is 0 Å². The number of rotatable bonds is 7. The first-order valence-electron chi connectivity index (χ1n) is 11.1. The second kappa shape index (κ2) is 8.18. The number of fused-ring (bicyclic) bond motifs is 3. The van der Waals surface area contributed by atoms with E-state index in [4.69, 9.17) is 4.74 Å². The number of carbonyl (C=O) groups excluding carboxylic acids is 1. The number of allylic oxidation sites excluding steroid dienone is 4. The van der Waals surface area contributed by atoms with Crippen LogP contribution in [0, 0.1) is 23.2 Å². The van der Waals surface area contributed by atoms with Crippen molar-refractivity contribution in [2.24, 2.45) is 23.2 Å². The topological polar surface area (TPSA) is 46.5 Å². The Kier molecular flexibility index (Phi) is 6.24. The lowest BCUT2D eigenvalue weighted by Crippen LogP contribution is -2.54. The van der Waals surface area contributed by atoms with Crippen molar-refractivity contribution in [2.45, 2.75) is 91.3 Å². The van der Waals surface area contributed by atoms with Crippen molar-refractivity contribution in [1.82, 2.24) is 0 Å². The van der Waals surface area contributed by atoms with Crippen molar-refractivity contribution >= 4 is 6.29 Å². The Morgan fingerprint density at radius 2 is 2.04 bits per heavy atom. The molecule has 1 N–H and O–H groups in total. The lowest BCUT2D eigenvalue weighted by molar-refractivity contribution is -0.177. The molecule has 2 unspecified atom stereocenters. The number of aldehydes is 1. The highest BCUT2D eigenvalue weighted by Gasteiger charge is 2.52. The molecule has 0 amide bonds. The first-order chi connectivity index (χ1) is 13.2. The minimum absolute atomic E-state index is 0.0253. The van der Waals surface area contributed by atoms with Crippen LogP contribution in [-0.2, 0) is 9.53 Å². The second-order valence-electron chi connectivity index (χ2n) is 10.2. The van der Waals surface area contributed by atoms with E-state index in [0.717, 1.165) is 31.1 Å². The van der Waals surface area contributed by atoms with E-state index in [1.807, 2.05) is 6.08 Å². The van der Waals surface area contributed by atoms with Gasteiger partial charge in [0.15, 0.2) is 0 Å². The zero-order valence-electron chi connectivity index (χ0n) is 18.3. The molecule has 1 fully saturated rings. The van der Waals surface area contributed by atoms with Gasteiger partial charge in [-0.05, 0) is 67.6 Å². The maximum absolute atomic E-state index is 11.4. The van der Waals surface area contributed by atoms with Crippen LogP contribution < -0.4 is 0 Å². The number of aliphatic hydroxyl groups excluding tert-OH is 1. The Bertz CT molecular complexity index is 680. The molecule has 0 spiro atoms. The highest BCUT2D eigenvalue weighted by Crippen LogP contribution is 2.52. The average molecular weight is 387 g/mol. The highest BCUT2D eigenvalue weighted by atomic mass is 16.5. The van der Waals surface area contributed by atoms with Gasteiger partial charge in [0.2, 0.25) is 0 Å². The van der Waals surface area contributed by atoms with E-state index in [-0.39, 0.29) is 29.0 Å². The summed E-state index contributed by atoms with van der Waals surface area (Å²) in [7, 11) is 0. The van der Waals surface area contributed by atoms with Crippen molar-refractivity contribution in [1.29, 1.82) is 0 Å². The maximum atomic E-state index is 11.4. The molecule has 0 aromatic carbocycles. The standard InChI is InChI=1S/C25H38O3/c1-6-7-8-9-12-24(2,3)18-14-21(27)23-19-13-17(16-26)10-11-20(19)25(4,5)28-22(23)15-18/h10,14-16,19-20,22-23,27H,6-9,11-13H2,1-5H3/t19?,20-,22?,23+/m0/s1. The van der Waals surface area contributed by atoms with Crippen LogP contribution in [0.2, 0.25) is 0 Å². The summed E-state index contributed by atoms with van der Waals surface area (Å²) < 4.78 is 6.56. The fourth-order valence-electron chi connectivity index (χ4n) is 5.54. The molecule has 1 aliphatic heterocycles. The molecular weight excluding hydrogens is 348 g/mol. The molecule has 3 aliphatic rings. The average Bonchev–Trinajstić information content (AvgIpc) is 2.63. The minimum Gasteiger partial charge on any atom is -0.512 e. The normalized spacial score (nSPS) is 31.8. The van der Waals surface area contributed by atoms with E-state index in [0.29, 0.717) is 11.7 Å². The van der Waals surface area contributed by atoms with E-state index in [1.165, 1.54) is 31.3 Å². The van der Waals surface area contributed by atoms with Gasteiger partial charge >= 0.3 is 0 Å². The number of unbranched alkanes of at least 4 members (excludes halogenated alkanes) is 3. The Morgan fingerprint density at radius 1 is 1.29 bits per heavy atom. The summed E-state index contributed by atoms with van der Waals surface area (Å²) >= 11 is 0. The molecular formula is C25H38O3. The van der Waals surface area contributed by atoms with Crippen LogP contribution in [-0.4, -0.2) is 23.1 Å². The van der Waals surface area contributed by atoms with Gasteiger partial charge in [-0.1, -0.05) is 58.6 Å². The van der Waals surface area contributed by atoms with Crippen LogP contribution in [0.5, 0.6) is 0 Å². The van der Waals surface area contributed by atoms with Gasteiger partial charge in [-0.15, -0.1) is 0 Å². The summed E-state index contributed by atoms with van der Waals surface area (Å²) in [4.78, 5) is 11.4. The van der Waals surface area contributed by atoms with Crippen molar-refractivity contribution in [3.05, 3.63) is 35.1 Å². The van der Waals surface area contributed by atoms with Crippen LogP contribution in [0.3, 0.4) is 0 Å². The summed E-state index contributed by atoms with van der Waals surface area (Å²) in [5, 5.41) is 11.0. The van der Waals surface area contributed by atoms with Gasteiger partial charge < -0.3 is 9.84 Å². The number of hydrogen-bond donors (Lipinski definition) is 1. The van der Waals surface area contributed by atoms with Crippen LogP contribution in [0.15, 0.2) is 35.1 Å². The molecule has 0 aromatic rings. The van der Waals surface area contributed by atoms with Crippen LogP contribution >= 0.6 is 0 Å². The number of hydrogen-bond acceptors (Lipinski definition) is 3. The second-order valence-corrected chi connectivity index (χ2v) is 10.2. The zero-order chi connectivity index (χ0) is 20.5. The van der Waals surface area contributed by atoms with Crippen molar-refractivity contribution in [2.75, 3.05) is 0 Å². The summed E-state index contributed by atoms with van der Waals surface area (Å²) in [6, 6.07) is 0. The zero-order valence-corrected chi connectivity index (χ0v) is 18.3. The molecule has 2 aliphatic carbocycles. The predicted molar refractivity (Wildman–Crippen MR) is 114 cm³/mol. The Morgan fingerprint density at radius 3 is 2.71 bits per heavy atom. The molecule has 0 bridgehead atoms. The molecule has 3 rings (SSSR count). The van der Waals surface area contributed by atoms with E-state index < -0.39 is 0 Å². The summed E-state index contributed by atoms with van der Waals surface area (Å²) in [5.74, 6) is 0.980. The van der Waals surface area contributed by atoms with Gasteiger partial charge in [-0.3, -0.25) is 4.79 Å². The van der Waals surface area contributed by atoms with Crippen LogP contribution in [0.1, 0.15) is 79.6 Å². The minimum atomic E-state index is -0.263. The third-order valence-electron chi connectivity index (χ3n) is 7.35. The molecule has 1 heterocycles. The van der Waals surface area contributed by atoms with Gasteiger partial charge in [0.1, 0.15) is 6.29 Å². The third-order valence-corrected chi connectivity index (χ3v) is 7.35. The fourth-order valence-corrected chi connectivity index (χ4v) is 5.54.